The van der Waals surface area contributed by atoms with Gasteiger partial charge in [-0.25, -0.2) is 0 Å². The number of pyridine rings is 1. The number of nitrogens with zero attached hydrogens (tertiary/aromatic N) is 2. The van der Waals surface area contributed by atoms with Gasteiger partial charge in [0.05, 0.1) is 5.52 Å². The molecule has 2 aromatic heterocycles. The van der Waals surface area contributed by atoms with E-state index in [-0.39, 0.29) is 0 Å². The van der Waals surface area contributed by atoms with Gasteiger partial charge in [-0.05, 0) is 55.7 Å². The summed E-state index contributed by atoms with van der Waals surface area (Å²) in [5.41, 5.74) is 8.74. The van der Waals surface area contributed by atoms with E-state index >= 15 is 0 Å². The van der Waals surface area contributed by atoms with Crippen LogP contribution in [-0.4, -0.2) is 9.55 Å². The molecule has 2 nitrogen and oxygen atoms in total. The van der Waals surface area contributed by atoms with Crippen molar-refractivity contribution in [2.75, 3.05) is 0 Å². The summed E-state index contributed by atoms with van der Waals surface area (Å²) in [5, 5.41) is 1.22. The van der Waals surface area contributed by atoms with Crippen LogP contribution in [0.5, 0.6) is 0 Å². The lowest BCUT2D eigenvalue weighted by Gasteiger charge is -2.10. The predicted octanol–water partition coefficient (Wildman–Crippen LogP) is 5.62. The lowest BCUT2D eigenvalue weighted by molar-refractivity contribution is 1.04. The van der Waals surface area contributed by atoms with E-state index in [0.717, 1.165) is 0 Å². The van der Waals surface area contributed by atoms with Crippen molar-refractivity contribution in [3.8, 4) is 16.8 Å². The predicted molar refractivity (Wildman–Crippen MR) is 101 cm³/mol. The highest BCUT2D eigenvalue weighted by Gasteiger charge is 2.12. The summed E-state index contributed by atoms with van der Waals surface area (Å²) in [7, 11) is 0. The molecule has 2 heterocycles. The maximum Gasteiger partial charge on any atom is 0.0564 e. The Morgan fingerprint density at radius 2 is 1.38 bits per heavy atom. The molecule has 0 fully saturated rings. The fraction of sp³-hybridized carbons (Fsp3) is 0.136. The molecule has 0 spiro atoms. The Bertz CT molecular complexity index is 1010. The zero-order chi connectivity index (χ0) is 16.7. The van der Waals surface area contributed by atoms with Crippen LogP contribution in [-0.2, 0) is 0 Å². The maximum absolute atomic E-state index is 4.27. The lowest BCUT2D eigenvalue weighted by Crippen LogP contribution is -1.96. The molecule has 0 unspecified atom stereocenters. The first-order valence-electron chi connectivity index (χ1n) is 8.24. The van der Waals surface area contributed by atoms with Gasteiger partial charge < -0.3 is 4.57 Å². The van der Waals surface area contributed by atoms with Gasteiger partial charge in [0, 0.05) is 29.2 Å². The molecule has 4 rings (SSSR count). The van der Waals surface area contributed by atoms with E-state index < -0.39 is 0 Å². The van der Waals surface area contributed by atoms with Crippen molar-refractivity contribution >= 4 is 10.9 Å². The Kier molecular flexibility index (Phi) is 3.46. The van der Waals surface area contributed by atoms with Gasteiger partial charge in [-0.15, -0.1) is 0 Å². The third kappa shape index (κ3) is 2.31. The second-order valence-electron chi connectivity index (χ2n) is 6.35. The van der Waals surface area contributed by atoms with Crippen LogP contribution in [0.1, 0.15) is 16.8 Å². The van der Waals surface area contributed by atoms with Crippen LogP contribution < -0.4 is 0 Å². The van der Waals surface area contributed by atoms with Gasteiger partial charge in [0.2, 0.25) is 0 Å². The van der Waals surface area contributed by atoms with Crippen molar-refractivity contribution in [2.45, 2.75) is 20.8 Å². The van der Waals surface area contributed by atoms with Gasteiger partial charge in [0.25, 0.3) is 0 Å². The fourth-order valence-electron chi connectivity index (χ4n) is 3.30. The van der Waals surface area contributed by atoms with Gasteiger partial charge in [0.15, 0.2) is 0 Å². The third-order valence-corrected chi connectivity index (χ3v) is 4.83. The Hall–Kier alpha value is -2.87. The Balaban J connectivity index is 1.81. The van der Waals surface area contributed by atoms with Gasteiger partial charge in [-0.2, -0.15) is 0 Å². The van der Waals surface area contributed by atoms with E-state index in [4.69, 9.17) is 0 Å². The average molecular weight is 312 g/mol. The van der Waals surface area contributed by atoms with Gasteiger partial charge in [-0.3, -0.25) is 4.98 Å². The quantitative estimate of drug-likeness (QED) is 0.470. The Morgan fingerprint density at radius 3 is 2.04 bits per heavy atom. The van der Waals surface area contributed by atoms with Crippen molar-refractivity contribution in [1.82, 2.24) is 9.55 Å². The van der Waals surface area contributed by atoms with Gasteiger partial charge in [-0.1, -0.05) is 42.0 Å². The molecule has 0 atom stereocenters. The molecular weight excluding hydrogens is 292 g/mol. The zero-order valence-corrected chi connectivity index (χ0v) is 14.2. The van der Waals surface area contributed by atoms with E-state index in [1.165, 1.54) is 44.5 Å². The number of hydrogen-bond donors (Lipinski definition) is 0. The van der Waals surface area contributed by atoms with Crippen molar-refractivity contribution in [3.05, 3.63) is 83.8 Å². The van der Waals surface area contributed by atoms with Gasteiger partial charge >= 0.3 is 0 Å². The number of benzene rings is 2. The summed E-state index contributed by atoms with van der Waals surface area (Å²) in [5.74, 6) is 0. The zero-order valence-electron chi connectivity index (χ0n) is 14.2. The number of hydrogen-bond acceptors (Lipinski definition) is 1. The molecule has 0 bridgehead atoms. The lowest BCUT2D eigenvalue weighted by atomic mass is 10.0. The average Bonchev–Trinajstić information content (AvgIpc) is 2.87. The number of aromatic nitrogens is 2. The fourth-order valence-corrected chi connectivity index (χ4v) is 3.30. The minimum absolute atomic E-state index is 1.19. The van der Waals surface area contributed by atoms with E-state index in [1.807, 2.05) is 12.4 Å². The molecule has 24 heavy (non-hydrogen) atoms. The Morgan fingerprint density at radius 1 is 0.750 bits per heavy atom. The summed E-state index contributed by atoms with van der Waals surface area (Å²) in [4.78, 5) is 4.27. The normalized spacial score (nSPS) is 11.1. The maximum atomic E-state index is 4.27. The third-order valence-electron chi connectivity index (χ3n) is 4.83. The van der Waals surface area contributed by atoms with E-state index in [0.29, 0.717) is 0 Å². The molecular formula is C22H20N2. The molecule has 0 radical (unpaired) electrons. The molecule has 0 aliphatic heterocycles. The van der Waals surface area contributed by atoms with E-state index in [9.17, 15) is 0 Å². The minimum Gasteiger partial charge on any atom is -0.313 e. The minimum atomic E-state index is 1.19. The van der Waals surface area contributed by atoms with E-state index in [2.05, 4.69) is 84.9 Å². The summed E-state index contributed by atoms with van der Waals surface area (Å²) in [6, 6.07) is 19.5. The highest BCUT2D eigenvalue weighted by Crippen LogP contribution is 2.29. The van der Waals surface area contributed by atoms with Gasteiger partial charge in [0.1, 0.15) is 0 Å². The van der Waals surface area contributed by atoms with E-state index in [1.54, 1.807) is 0 Å². The summed E-state index contributed by atoms with van der Waals surface area (Å²) in [6.45, 7) is 6.45. The SMILES string of the molecule is Cc1ccc(-c2ccc(-n3c(C)c(C)c4cnccc43)cc2)cc1. The molecule has 4 aromatic rings. The van der Waals surface area contributed by atoms with Crippen LogP contribution in [0.15, 0.2) is 67.0 Å². The summed E-state index contributed by atoms with van der Waals surface area (Å²) >= 11 is 0. The van der Waals surface area contributed by atoms with Crippen molar-refractivity contribution in [3.63, 3.8) is 0 Å². The molecule has 2 heteroatoms. The second kappa shape index (κ2) is 5.64. The van der Waals surface area contributed by atoms with Crippen molar-refractivity contribution < 1.29 is 0 Å². The number of fused-ring (bicyclic) bond motifs is 1. The molecule has 0 N–H and O–H groups in total. The van der Waals surface area contributed by atoms with Crippen LogP contribution in [0.3, 0.4) is 0 Å². The first kappa shape index (κ1) is 14.7. The molecule has 0 amide bonds. The smallest absolute Gasteiger partial charge is 0.0564 e. The highest BCUT2D eigenvalue weighted by atomic mass is 15.0. The first-order valence-corrected chi connectivity index (χ1v) is 8.24. The second-order valence-corrected chi connectivity index (χ2v) is 6.35. The number of aryl methyl sites for hydroxylation is 2. The molecule has 118 valence electrons. The number of rotatable bonds is 2. The molecule has 0 saturated heterocycles. The van der Waals surface area contributed by atoms with Crippen molar-refractivity contribution in [2.24, 2.45) is 0 Å². The monoisotopic (exact) mass is 312 g/mol. The first-order chi connectivity index (χ1) is 11.6. The largest absolute Gasteiger partial charge is 0.313 e. The summed E-state index contributed by atoms with van der Waals surface area (Å²) < 4.78 is 2.31. The summed E-state index contributed by atoms with van der Waals surface area (Å²) in [6.07, 6.45) is 3.81. The van der Waals surface area contributed by atoms with Crippen LogP contribution in [0.4, 0.5) is 0 Å². The van der Waals surface area contributed by atoms with Crippen LogP contribution in [0.25, 0.3) is 27.7 Å². The molecule has 0 aliphatic carbocycles. The van der Waals surface area contributed by atoms with Crippen LogP contribution in [0, 0.1) is 20.8 Å². The molecule has 2 aromatic carbocycles. The standard InChI is InChI=1S/C22H20N2/c1-15-4-6-18(7-5-15)19-8-10-20(11-9-19)24-17(3)16(2)21-14-23-13-12-22(21)24/h4-14H,1-3H3. The van der Waals surface area contributed by atoms with Crippen LogP contribution >= 0.6 is 0 Å². The Labute approximate surface area is 142 Å². The molecule has 0 aliphatic rings. The topological polar surface area (TPSA) is 17.8 Å². The van der Waals surface area contributed by atoms with Crippen molar-refractivity contribution in [1.29, 1.82) is 0 Å². The van der Waals surface area contributed by atoms with Crippen LogP contribution in [0.2, 0.25) is 0 Å². The highest BCUT2D eigenvalue weighted by molar-refractivity contribution is 5.86. The molecule has 0 saturated carbocycles.